The zero-order valence-electron chi connectivity index (χ0n) is 9.57. The largest absolute Gasteiger partial charge is 0.495 e. The monoisotopic (exact) mass is 320 g/mol. The molecule has 2 N–H and O–H groups in total. The van der Waals surface area contributed by atoms with Crippen molar-refractivity contribution < 1.29 is 9.47 Å². The minimum absolute atomic E-state index is 0. The molecule has 0 saturated heterocycles. The Morgan fingerprint density at radius 2 is 1.82 bits per heavy atom. The molecule has 0 fully saturated rings. The van der Waals surface area contributed by atoms with Gasteiger partial charge in [-0.05, 0) is 33.6 Å². The molecule has 0 radical (unpaired) electrons. The molecule has 94 valence electrons. The maximum absolute atomic E-state index is 8.60. The highest BCUT2D eigenvalue weighted by molar-refractivity contribution is 9.10. The molecule has 1 rings (SSSR count). The van der Waals surface area contributed by atoms with Crippen LogP contribution in [0.5, 0.6) is 11.5 Å². The molecule has 17 heavy (non-hydrogen) atoms. The molecule has 0 unspecified atom stereocenters. The second-order valence-electron chi connectivity index (χ2n) is 3.21. The third-order valence-corrected chi connectivity index (χ3v) is 2.99. The van der Waals surface area contributed by atoms with Gasteiger partial charge in [-0.1, -0.05) is 0 Å². The van der Waals surface area contributed by atoms with Gasteiger partial charge in [0.1, 0.15) is 16.0 Å². The first-order chi connectivity index (χ1) is 7.63. The molecule has 0 saturated carbocycles. The van der Waals surface area contributed by atoms with Gasteiger partial charge in [0.15, 0.2) is 0 Å². The number of ether oxygens (including phenoxy) is 2. The van der Waals surface area contributed by atoms with Gasteiger partial charge in [0.05, 0.1) is 26.7 Å². The maximum atomic E-state index is 8.60. The zero-order chi connectivity index (χ0) is 12.1. The Bertz CT molecular complexity index is 395. The first-order valence-corrected chi connectivity index (χ1v) is 5.47. The zero-order valence-corrected chi connectivity index (χ0v) is 12.0. The predicted molar refractivity (Wildman–Crippen MR) is 71.7 cm³/mol. The lowest BCUT2D eigenvalue weighted by Gasteiger charge is -2.14. The molecule has 0 aliphatic rings. The van der Waals surface area contributed by atoms with Gasteiger partial charge < -0.3 is 15.2 Å². The van der Waals surface area contributed by atoms with Crippen molar-refractivity contribution >= 4 is 28.3 Å². The van der Waals surface area contributed by atoms with E-state index >= 15 is 0 Å². The summed E-state index contributed by atoms with van der Waals surface area (Å²) in [6.07, 6.45) is 0.258. The molecule has 0 aromatic heterocycles. The van der Waals surface area contributed by atoms with Crippen LogP contribution in [0.4, 0.5) is 0 Å². The minimum Gasteiger partial charge on any atom is -0.495 e. The van der Waals surface area contributed by atoms with E-state index in [1.165, 1.54) is 0 Å². The third kappa shape index (κ3) is 3.77. The summed E-state index contributed by atoms with van der Waals surface area (Å²) < 4.78 is 11.1. The number of nitrogens with zero attached hydrogens (tertiary/aromatic N) is 1. The average Bonchev–Trinajstić information content (AvgIpc) is 2.29. The topological polar surface area (TPSA) is 68.3 Å². The van der Waals surface area contributed by atoms with Crippen LogP contribution in [0.1, 0.15) is 18.0 Å². The van der Waals surface area contributed by atoms with Crippen molar-refractivity contribution in [2.24, 2.45) is 5.73 Å². The molecular weight excluding hydrogens is 307 g/mol. The second-order valence-corrected chi connectivity index (χ2v) is 4.00. The number of methoxy groups -OCH3 is 2. The molecule has 0 amide bonds. The smallest absolute Gasteiger partial charge is 0.137 e. The Morgan fingerprint density at radius 1 is 1.35 bits per heavy atom. The van der Waals surface area contributed by atoms with Crippen molar-refractivity contribution in [1.29, 1.82) is 5.26 Å². The molecule has 0 aliphatic heterocycles. The van der Waals surface area contributed by atoms with Crippen molar-refractivity contribution in [3.8, 4) is 17.6 Å². The van der Waals surface area contributed by atoms with E-state index in [-0.39, 0.29) is 24.9 Å². The lowest BCUT2D eigenvalue weighted by Crippen LogP contribution is -2.09. The van der Waals surface area contributed by atoms with Crippen molar-refractivity contribution in [3.63, 3.8) is 0 Å². The van der Waals surface area contributed by atoms with E-state index in [4.69, 9.17) is 20.5 Å². The number of benzene rings is 1. The Labute approximate surface area is 115 Å². The first-order valence-electron chi connectivity index (χ1n) is 4.68. The van der Waals surface area contributed by atoms with Gasteiger partial charge in [-0.2, -0.15) is 5.26 Å². The summed E-state index contributed by atoms with van der Waals surface area (Å²) >= 11 is 3.37. The van der Waals surface area contributed by atoms with Crippen molar-refractivity contribution in [3.05, 3.63) is 22.2 Å². The number of rotatable bonds is 4. The number of halogens is 2. The van der Waals surface area contributed by atoms with Gasteiger partial charge in [-0.15, -0.1) is 12.4 Å². The van der Waals surface area contributed by atoms with Crippen molar-refractivity contribution in [2.45, 2.75) is 12.5 Å². The van der Waals surface area contributed by atoms with Crippen LogP contribution in [0, 0.1) is 11.3 Å². The fourth-order valence-corrected chi connectivity index (χ4v) is 1.87. The van der Waals surface area contributed by atoms with E-state index in [0.717, 1.165) is 10.0 Å². The van der Waals surface area contributed by atoms with Gasteiger partial charge in [0, 0.05) is 6.04 Å². The minimum atomic E-state index is -0.333. The summed E-state index contributed by atoms with van der Waals surface area (Å²) in [4.78, 5) is 0. The summed E-state index contributed by atoms with van der Waals surface area (Å²) in [5.74, 6) is 1.28. The summed E-state index contributed by atoms with van der Waals surface area (Å²) in [6, 6.07) is 5.31. The number of nitriles is 1. The van der Waals surface area contributed by atoms with Gasteiger partial charge in [0.25, 0.3) is 0 Å². The van der Waals surface area contributed by atoms with Crippen LogP contribution in [0.25, 0.3) is 0 Å². The molecule has 1 atom stereocenters. The fraction of sp³-hybridized carbons (Fsp3) is 0.364. The van der Waals surface area contributed by atoms with Crippen molar-refractivity contribution in [2.75, 3.05) is 14.2 Å². The lowest BCUT2D eigenvalue weighted by molar-refractivity contribution is 0.388. The van der Waals surface area contributed by atoms with Gasteiger partial charge in [0.2, 0.25) is 0 Å². The SMILES string of the molecule is COc1cc([C@@H](N)CC#N)cc(OC)c1Br.Cl. The summed E-state index contributed by atoms with van der Waals surface area (Å²) in [7, 11) is 3.14. The van der Waals surface area contributed by atoms with E-state index < -0.39 is 0 Å². The van der Waals surface area contributed by atoms with Crippen molar-refractivity contribution in [1.82, 2.24) is 0 Å². The molecule has 4 nitrogen and oxygen atoms in total. The maximum Gasteiger partial charge on any atom is 0.137 e. The molecule has 0 spiro atoms. The van der Waals surface area contributed by atoms with Crippen LogP contribution in [-0.2, 0) is 0 Å². The van der Waals surface area contributed by atoms with Crippen LogP contribution in [0.15, 0.2) is 16.6 Å². The van der Waals surface area contributed by atoms with Gasteiger partial charge in [-0.3, -0.25) is 0 Å². The summed E-state index contributed by atoms with van der Waals surface area (Å²) in [5, 5.41) is 8.60. The quantitative estimate of drug-likeness (QED) is 0.926. The Morgan fingerprint density at radius 3 is 2.18 bits per heavy atom. The van der Waals surface area contributed by atoms with Crippen LogP contribution in [0.2, 0.25) is 0 Å². The number of nitrogens with two attached hydrogens (primary N) is 1. The lowest BCUT2D eigenvalue weighted by atomic mass is 10.0. The van der Waals surface area contributed by atoms with Crippen LogP contribution in [-0.4, -0.2) is 14.2 Å². The Hall–Kier alpha value is -0.960. The Balaban J connectivity index is 0.00000256. The second kappa shape index (κ2) is 7.38. The standard InChI is InChI=1S/C11H13BrN2O2.ClH/c1-15-9-5-7(8(14)3-4-13)6-10(16-2)11(9)12;/h5-6,8H,3,14H2,1-2H3;1H/t8-;/m0./s1. The van der Waals surface area contributed by atoms with Crippen LogP contribution < -0.4 is 15.2 Å². The Kier molecular flexibility index (Phi) is 6.97. The molecule has 1 aromatic rings. The summed E-state index contributed by atoms with van der Waals surface area (Å²) in [6.45, 7) is 0. The third-order valence-electron chi connectivity index (χ3n) is 2.21. The van der Waals surface area contributed by atoms with Gasteiger partial charge in [-0.25, -0.2) is 0 Å². The molecule has 1 aromatic carbocycles. The molecule has 0 bridgehead atoms. The molecule has 0 aliphatic carbocycles. The van der Waals surface area contributed by atoms with E-state index in [0.29, 0.717) is 11.5 Å². The average molecular weight is 322 g/mol. The van der Waals surface area contributed by atoms with E-state index in [1.807, 2.05) is 6.07 Å². The first kappa shape index (κ1) is 16.0. The number of hydrogen-bond donors (Lipinski definition) is 1. The fourth-order valence-electron chi connectivity index (χ4n) is 1.32. The van der Waals surface area contributed by atoms with Crippen LogP contribution in [0.3, 0.4) is 0 Å². The van der Waals surface area contributed by atoms with E-state index in [1.54, 1.807) is 26.4 Å². The van der Waals surface area contributed by atoms with Gasteiger partial charge >= 0.3 is 0 Å². The molecule has 0 heterocycles. The van der Waals surface area contributed by atoms with E-state index in [2.05, 4.69) is 15.9 Å². The number of hydrogen-bond acceptors (Lipinski definition) is 4. The van der Waals surface area contributed by atoms with E-state index in [9.17, 15) is 0 Å². The highest BCUT2D eigenvalue weighted by Gasteiger charge is 2.13. The molecular formula is C11H14BrClN2O2. The molecule has 6 heteroatoms. The summed E-state index contributed by atoms with van der Waals surface area (Å²) in [5.41, 5.74) is 6.67. The normalized spacial score (nSPS) is 11.0. The predicted octanol–water partition coefficient (Wildman–Crippen LogP) is 2.80. The van der Waals surface area contributed by atoms with Crippen LogP contribution >= 0.6 is 28.3 Å². The highest BCUT2D eigenvalue weighted by atomic mass is 79.9. The highest BCUT2D eigenvalue weighted by Crippen LogP contribution is 2.37.